The number of aliphatic hydroxyl groups is 1. The first-order valence-electron chi connectivity index (χ1n) is 5.29. The zero-order valence-electron chi connectivity index (χ0n) is 10.1. The number of aliphatic hydroxyl groups excluding tert-OH is 1. The summed E-state index contributed by atoms with van der Waals surface area (Å²) in [7, 11) is -3.63. The average molecular weight is 269 g/mol. The molecule has 1 aromatic heterocycles. The van der Waals surface area contributed by atoms with Crippen molar-refractivity contribution < 1.29 is 13.5 Å². The van der Waals surface area contributed by atoms with Crippen LogP contribution in [0.15, 0.2) is 18.3 Å². The maximum atomic E-state index is 11.6. The lowest BCUT2D eigenvalue weighted by atomic mass is 10.2. The van der Waals surface area contributed by atoms with Gasteiger partial charge in [0.05, 0.1) is 0 Å². The van der Waals surface area contributed by atoms with Crippen molar-refractivity contribution in [2.24, 2.45) is 0 Å². The molecule has 18 heavy (non-hydrogen) atoms. The van der Waals surface area contributed by atoms with Gasteiger partial charge in [-0.3, -0.25) is 4.72 Å². The van der Waals surface area contributed by atoms with E-state index in [1.807, 2.05) is 0 Å². The van der Waals surface area contributed by atoms with E-state index in [-0.39, 0.29) is 18.5 Å². The van der Waals surface area contributed by atoms with Crippen molar-refractivity contribution in [1.82, 2.24) is 9.71 Å². The van der Waals surface area contributed by atoms with Gasteiger partial charge in [-0.25, -0.2) is 4.98 Å². The SMILES string of the molecule is CC(C)NS(=O)(=O)Nc1cc(C#CCO)ccn1. The Morgan fingerprint density at radius 3 is 2.83 bits per heavy atom. The average Bonchev–Trinajstić information content (AvgIpc) is 2.24. The highest BCUT2D eigenvalue weighted by Crippen LogP contribution is 2.07. The number of anilines is 1. The quantitative estimate of drug-likeness (QED) is 0.675. The largest absolute Gasteiger partial charge is 0.384 e. The molecule has 0 aromatic carbocycles. The van der Waals surface area contributed by atoms with E-state index in [2.05, 4.69) is 26.3 Å². The first kappa shape index (κ1) is 14.4. The van der Waals surface area contributed by atoms with E-state index in [0.717, 1.165) is 0 Å². The van der Waals surface area contributed by atoms with E-state index >= 15 is 0 Å². The summed E-state index contributed by atoms with van der Waals surface area (Å²) >= 11 is 0. The van der Waals surface area contributed by atoms with Gasteiger partial charge in [0.1, 0.15) is 12.4 Å². The Labute approximate surface area is 107 Å². The lowest BCUT2D eigenvalue weighted by Crippen LogP contribution is -2.35. The second-order valence-corrected chi connectivity index (χ2v) is 5.21. The van der Waals surface area contributed by atoms with Gasteiger partial charge in [-0.1, -0.05) is 11.8 Å². The first-order chi connectivity index (χ1) is 8.43. The molecule has 0 aliphatic carbocycles. The van der Waals surface area contributed by atoms with Gasteiger partial charge in [-0.15, -0.1) is 0 Å². The number of nitrogens with one attached hydrogen (secondary N) is 2. The Hall–Kier alpha value is -1.62. The fourth-order valence-electron chi connectivity index (χ4n) is 1.18. The molecule has 0 aliphatic rings. The molecule has 0 bridgehead atoms. The van der Waals surface area contributed by atoms with Gasteiger partial charge in [0.2, 0.25) is 0 Å². The van der Waals surface area contributed by atoms with Crippen LogP contribution in [0.3, 0.4) is 0 Å². The predicted octanol–water partition coefficient (Wildman–Crippen LogP) is 0.0801. The molecule has 98 valence electrons. The number of nitrogens with zero attached hydrogens (tertiary/aromatic N) is 1. The molecule has 0 unspecified atom stereocenters. The molecule has 0 spiro atoms. The Morgan fingerprint density at radius 1 is 1.50 bits per heavy atom. The van der Waals surface area contributed by atoms with Crippen LogP contribution in [0, 0.1) is 11.8 Å². The topological polar surface area (TPSA) is 91.3 Å². The molecule has 0 fully saturated rings. The molecule has 1 heterocycles. The van der Waals surface area contributed by atoms with Gasteiger partial charge >= 0.3 is 0 Å². The van der Waals surface area contributed by atoms with Crippen LogP contribution in [0.25, 0.3) is 0 Å². The van der Waals surface area contributed by atoms with Crippen molar-refractivity contribution in [3.05, 3.63) is 23.9 Å². The molecule has 0 amide bonds. The van der Waals surface area contributed by atoms with E-state index in [0.29, 0.717) is 5.56 Å². The minimum absolute atomic E-state index is 0.174. The van der Waals surface area contributed by atoms with Crippen LogP contribution in [0.2, 0.25) is 0 Å². The van der Waals surface area contributed by atoms with Crippen LogP contribution < -0.4 is 9.44 Å². The summed E-state index contributed by atoms with van der Waals surface area (Å²) in [6.07, 6.45) is 1.44. The fourth-order valence-corrected chi connectivity index (χ4v) is 2.25. The summed E-state index contributed by atoms with van der Waals surface area (Å²) < 4.78 is 27.9. The Morgan fingerprint density at radius 2 is 2.22 bits per heavy atom. The molecule has 7 heteroatoms. The molecule has 0 saturated carbocycles. The zero-order chi connectivity index (χ0) is 13.6. The monoisotopic (exact) mass is 269 g/mol. The lowest BCUT2D eigenvalue weighted by Gasteiger charge is -2.10. The third-order valence-corrected chi connectivity index (χ3v) is 2.96. The van der Waals surface area contributed by atoms with E-state index in [9.17, 15) is 8.42 Å². The summed E-state index contributed by atoms with van der Waals surface area (Å²) in [6, 6.07) is 2.90. The lowest BCUT2D eigenvalue weighted by molar-refractivity contribution is 0.350. The van der Waals surface area contributed by atoms with Crippen molar-refractivity contribution in [3.63, 3.8) is 0 Å². The number of pyridine rings is 1. The number of hydrogen-bond donors (Lipinski definition) is 3. The molecule has 3 N–H and O–H groups in total. The van der Waals surface area contributed by atoms with Crippen LogP contribution in [-0.2, 0) is 10.2 Å². The zero-order valence-corrected chi connectivity index (χ0v) is 11.0. The molecule has 1 rings (SSSR count). The van der Waals surface area contributed by atoms with Crippen LogP contribution >= 0.6 is 0 Å². The fraction of sp³-hybridized carbons (Fsp3) is 0.364. The van der Waals surface area contributed by atoms with Crippen LogP contribution in [0.1, 0.15) is 19.4 Å². The van der Waals surface area contributed by atoms with E-state index in [1.54, 1.807) is 19.9 Å². The Balaban J connectivity index is 2.85. The highest BCUT2D eigenvalue weighted by Gasteiger charge is 2.11. The molecule has 0 radical (unpaired) electrons. The third-order valence-electron chi connectivity index (χ3n) is 1.70. The third kappa shape index (κ3) is 5.14. The Kier molecular flexibility index (Phi) is 5.09. The minimum Gasteiger partial charge on any atom is -0.384 e. The molecule has 6 nitrogen and oxygen atoms in total. The van der Waals surface area contributed by atoms with Gasteiger partial charge in [-0.2, -0.15) is 13.1 Å². The number of rotatable bonds is 4. The van der Waals surface area contributed by atoms with Crippen molar-refractivity contribution in [2.45, 2.75) is 19.9 Å². The van der Waals surface area contributed by atoms with Crippen LogP contribution in [-0.4, -0.2) is 31.2 Å². The number of hydrogen-bond acceptors (Lipinski definition) is 4. The normalized spacial score (nSPS) is 10.9. The molecular weight excluding hydrogens is 254 g/mol. The second kappa shape index (κ2) is 6.35. The standard InChI is InChI=1S/C11H15N3O3S/c1-9(2)13-18(16,17)14-11-8-10(4-3-7-15)5-6-12-11/h5-6,8-9,13,15H,7H2,1-2H3,(H,12,14). The predicted molar refractivity (Wildman–Crippen MR) is 69.0 cm³/mol. The summed E-state index contributed by atoms with van der Waals surface area (Å²) in [5.74, 6) is 5.31. The highest BCUT2D eigenvalue weighted by molar-refractivity contribution is 7.90. The highest BCUT2D eigenvalue weighted by atomic mass is 32.2. The Bertz CT molecular complexity index is 558. The molecular formula is C11H15N3O3S. The summed E-state index contributed by atoms with van der Waals surface area (Å²) in [6.45, 7) is 3.18. The summed E-state index contributed by atoms with van der Waals surface area (Å²) in [5, 5.41) is 8.57. The first-order valence-corrected chi connectivity index (χ1v) is 6.77. The van der Waals surface area contributed by atoms with Crippen molar-refractivity contribution in [1.29, 1.82) is 0 Å². The molecule has 0 saturated heterocycles. The maximum Gasteiger partial charge on any atom is 0.300 e. The smallest absolute Gasteiger partial charge is 0.300 e. The molecule has 1 aromatic rings. The van der Waals surface area contributed by atoms with Crippen molar-refractivity contribution in [3.8, 4) is 11.8 Å². The van der Waals surface area contributed by atoms with Crippen LogP contribution in [0.4, 0.5) is 5.82 Å². The second-order valence-electron chi connectivity index (χ2n) is 3.77. The van der Waals surface area contributed by atoms with Crippen molar-refractivity contribution in [2.75, 3.05) is 11.3 Å². The van der Waals surface area contributed by atoms with E-state index in [4.69, 9.17) is 5.11 Å². The molecule has 0 aliphatic heterocycles. The summed E-state index contributed by atoms with van der Waals surface area (Å²) in [4.78, 5) is 3.88. The van der Waals surface area contributed by atoms with Crippen LogP contribution in [0.5, 0.6) is 0 Å². The van der Waals surface area contributed by atoms with Crippen molar-refractivity contribution >= 4 is 16.0 Å². The summed E-state index contributed by atoms with van der Waals surface area (Å²) in [5.41, 5.74) is 0.571. The minimum atomic E-state index is -3.63. The van der Waals surface area contributed by atoms with Gasteiger partial charge in [0.15, 0.2) is 0 Å². The maximum absolute atomic E-state index is 11.6. The van der Waals surface area contributed by atoms with Gasteiger partial charge in [0, 0.05) is 17.8 Å². The molecule has 0 atom stereocenters. The van der Waals surface area contributed by atoms with Gasteiger partial charge in [0.25, 0.3) is 10.2 Å². The van der Waals surface area contributed by atoms with E-state index in [1.165, 1.54) is 12.3 Å². The van der Waals surface area contributed by atoms with Gasteiger partial charge in [-0.05, 0) is 26.0 Å². The van der Waals surface area contributed by atoms with Gasteiger partial charge < -0.3 is 5.11 Å². The van der Waals surface area contributed by atoms with E-state index < -0.39 is 10.2 Å². The number of aromatic nitrogens is 1.